The van der Waals surface area contributed by atoms with Crippen molar-refractivity contribution < 1.29 is 64.3 Å². The van der Waals surface area contributed by atoms with E-state index < -0.39 is 13.3 Å². The van der Waals surface area contributed by atoms with Crippen molar-refractivity contribution >= 4 is 25.3 Å². The molecule has 1 aromatic carbocycles. The van der Waals surface area contributed by atoms with Gasteiger partial charge in [0, 0.05) is 10.6 Å². The van der Waals surface area contributed by atoms with Crippen LogP contribution >= 0.6 is 12.6 Å². The maximum absolute atomic E-state index is 12.5. The summed E-state index contributed by atoms with van der Waals surface area (Å²) in [6.07, 6.45) is -0.893. The fraction of sp³-hybridized carbons (Fsp3) is 0.400. The zero-order chi connectivity index (χ0) is 12.7. The van der Waals surface area contributed by atoms with Crippen molar-refractivity contribution in [3.05, 3.63) is 22.3 Å². The van der Waals surface area contributed by atoms with Gasteiger partial charge in [-0.05, 0) is 37.5 Å². The normalized spacial score (nSPS) is 11.2. The number of rotatable bonds is 2. The predicted octanol–water partition coefficient (Wildman–Crippen LogP) is 0.416. The van der Waals surface area contributed by atoms with Crippen LogP contribution in [-0.4, -0.2) is 6.98 Å². The molecule has 0 aromatic heterocycles. The third-order valence-electron chi connectivity index (χ3n) is 2.86. The third kappa shape index (κ3) is 4.18. The van der Waals surface area contributed by atoms with E-state index in [2.05, 4.69) is 12.6 Å². The van der Waals surface area contributed by atoms with Crippen molar-refractivity contribution in [1.29, 1.82) is 0 Å². The zero-order valence-electron chi connectivity index (χ0n) is 10.4. The third-order valence-corrected chi connectivity index (χ3v) is 3.53. The van der Waals surface area contributed by atoms with Gasteiger partial charge in [0.1, 0.15) is 0 Å². The molecule has 0 heterocycles. The number of hydrogen-bond donors (Lipinski definition) is 2. The molecule has 0 bridgehead atoms. The van der Waals surface area contributed by atoms with Crippen molar-refractivity contribution in [3.8, 4) is 0 Å². The second-order valence-corrected chi connectivity index (χ2v) is 4.48. The summed E-state index contributed by atoms with van der Waals surface area (Å²) < 4.78 is 37.4. The van der Waals surface area contributed by atoms with E-state index in [4.69, 9.17) is 5.73 Å². The molecule has 1 rings (SSSR count). The number of nitrogen functional groups attached to an aromatic ring is 1. The summed E-state index contributed by atoms with van der Waals surface area (Å²) in [5.74, 6) is 0. The van der Waals surface area contributed by atoms with E-state index in [0.717, 1.165) is 5.56 Å². The van der Waals surface area contributed by atoms with Crippen LogP contribution in [0.1, 0.15) is 22.3 Å². The van der Waals surface area contributed by atoms with Crippen molar-refractivity contribution in [3.63, 3.8) is 0 Å². The Morgan fingerprint density at radius 1 is 1.06 bits per heavy atom. The van der Waals surface area contributed by atoms with E-state index in [0.29, 0.717) is 21.7 Å². The zero-order valence-corrected chi connectivity index (χ0v) is 14.5. The maximum atomic E-state index is 12.5. The van der Waals surface area contributed by atoms with Crippen LogP contribution in [0.15, 0.2) is 4.90 Å². The molecular formula is C10H14BF3KNS. The molecule has 0 unspecified atom stereocenters. The number of anilines is 1. The van der Waals surface area contributed by atoms with Crippen LogP contribution in [0.2, 0.25) is 0 Å². The van der Waals surface area contributed by atoms with E-state index in [9.17, 15) is 12.9 Å². The van der Waals surface area contributed by atoms with Gasteiger partial charge in [0.2, 0.25) is 0 Å². The quantitative estimate of drug-likeness (QED) is 0.460. The second kappa shape index (κ2) is 6.34. The smallest absolute Gasteiger partial charge is 0.449 e. The molecule has 7 heteroatoms. The molecule has 90 valence electrons. The molecule has 1 aromatic rings. The Morgan fingerprint density at radius 2 is 1.53 bits per heavy atom. The van der Waals surface area contributed by atoms with Crippen LogP contribution in [0.3, 0.4) is 0 Å². The molecule has 2 N–H and O–H groups in total. The van der Waals surface area contributed by atoms with Gasteiger partial charge in [-0.1, -0.05) is 11.9 Å². The van der Waals surface area contributed by atoms with Crippen LogP contribution < -0.4 is 57.1 Å². The molecule has 0 radical (unpaired) electrons. The number of halogens is 3. The van der Waals surface area contributed by atoms with Crippen LogP contribution in [0.5, 0.6) is 0 Å². The standard InChI is InChI=1S/C10H14BF3NS.K/c1-5-8(4-11(12,13)14)6(2)10(16)7(3)9(5)15;/h16H,4,15H2,1-3H3;/q-1;+1. The van der Waals surface area contributed by atoms with E-state index in [1.54, 1.807) is 20.8 Å². The van der Waals surface area contributed by atoms with E-state index in [1.807, 2.05) is 0 Å². The summed E-state index contributed by atoms with van der Waals surface area (Å²) in [4.78, 5) is 0.554. The number of benzene rings is 1. The van der Waals surface area contributed by atoms with Gasteiger partial charge in [-0.2, -0.15) is 0 Å². The first-order valence-electron chi connectivity index (χ1n) is 4.93. The first kappa shape index (κ1) is 17.9. The molecule has 0 spiro atoms. The van der Waals surface area contributed by atoms with Crippen LogP contribution in [-0.2, 0) is 6.32 Å². The van der Waals surface area contributed by atoms with Gasteiger partial charge >= 0.3 is 58.4 Å². The Hall–Kier alpha value is 0.861. The molecule has 0 aliphatic rings. The summed E-state index contributed by atoms with van der Waals surface area (Å²) in [6, 6.07) is 0. The molecule has 0 saturated carbocycles. The van der Waals surface area contributed by atoms with E-state index in [1.165, 1.54) is 0 Å². The SMILES string of the molecule is Cc1c(N)c(C)c(C[B-](F)(F)F)c(C)c1S.[K+]. The maximum Gasteiger partial charge on any atom is 1.00 e. The minimum absolute atomic E-state index is 0. The van der Waals surface area contributed by atoms with Crippen molar-refractivity contribution in [1.82, 2.24) is 0 Å². The minimum Gasteiger partial charge on any atom is -0.449 e. The Balaban J connectivity index is 0.00000256. The van der Waals surface area contributed by atoms with Crippen molar-refractivity contribution in [2.45, 2.75) is 32.0 Å². The fourth-order valence-corrected chi connectivity index (χ4v) is 2.07. The van der Waals surface area contributed by atoms with Gasteiger partial charge in [0.15, 0.2) is 0 Å². The second-order valence-electron chi connectivity index (χ2n) is 4.03. The van der Waals surface area contributed by atoms with E-state index >= 15 is 0 Å². The summed E-state index contributed by atoms with van der Waals surface area (Å²) >= 11 is 4.21. The average molecular weight is 287 g/mol. The Bertz CT molecular complexity index is 406. The topological polar surface area (TPSA) is 26.0 Å². The summed E-state index contributed by atoms with van der Waals surface area (Å²) in [6.45, 7) is 0.191. The van der Waals surface area contributed by atoms with Gasteiger partial charge < -0.3 is 18.7 Å². The van der Waals surface area contributed by atoms with Crippen LogP contribution in [0.25, 0.3) is 0 Å². The molecule has 0 aliphatic carbocycles. The molecule has 1 nitrogen and oxygen atoms in total. The van der Waals surface area contributed by atoms with Crippen molar-refractivity contribution in [2.75, 3.05) is 5.73 Å². The number of thiol groups is 1. The Labute approximate surface area is 148 Å². The Morgan fingerprint density at radius 3 is 1.94 bits per heavy atom. The number of nitrogens with two attached hydrogens (primary N) is 1. The van der Waals surface area contributed by atoms with Gasteiger partial charge in [0.25, 0.3) is 0 Å². The van der Waals surface area contributed by atoms with E-state index in [-0.39, 0.29) is 56.9 Å². The monoisotopic (exact) mass is 287 g/mol. The predicted molar refractivity (Wildman–Crippen MR) is 65.1 cm³/mol. The summed E-state index contributed by atoms with van der Waals surface area (Å²) in [7, 11) is 0. The first-order valence-corrected chi connectivity index (χ1v) is 5.38. The van der Waals surface area contributed by atoms with Crippen molar-refractivity contribution in [2.24, 2.45) is 0 Å². The fourth-order valence-electron chi connectivity index (χ4n) is 1.81. The first-order chi connectivity index (χ1) is 7.15. The molecule has 0 fully saturated rings. The van der Waals surface area contributed by atoms with Gasteiger partial charge in [-0.25, -0.2) is 0 Å². The molecule has 0 aliphatic heterocycles. The van der Waals surface area contributed by atoms with Gasteiger partial charge in [-0.3, -0.25) is 0 Å². The largest absolute Gasteiger partial charge is 1.00 e. The number of hydrogen-bond acceptors (Lipinski definition) is 2. The summed E-state index contributed by atoms with van der Waals surface area (Å²) in [5.41, 5.74) is 8.28. The average Bonchev–Trinajstić information content (AvgIpc) is 2.17. The van der Waals surface area contributed by atoms with Crippen LogP contribution in [0.4, 0.5) is 18.6 Å². The molecule has 0 amide bonds. The van der Waals surface area contributed by atoms with Gasteiger partial charge in [0.05, 0.1) is 0 Å². The molecule has 0 saturated heterocycles. The molecule has 0 atom stereocenters. The molecule has 17 heavy (non-hydrogen) atoms. The minimum atomic E-state index is -4.85. The Kier molecular flexibility index (Phi) is 6.66. The van der Waals surface area contributed by atoms with Crippen LogP contribution in [0, 0.1) is 20.8 Å². The summed E-state index contributed by atoms with van der Waals surface area (Å²) in [5, 5.41) is 0. The molecular weight excluding hydrogens is 273 g/mol. The van der Waals surface area contributed by atoms with Gasteiger partial charge in [-0.15, -0.1) is 12.6 Å².